The van der Waals surface area contributed by atoms with Gasteiger partial charge in [-0.3, -0.25) is 4.79 Å². The van der Waals surface area contributed by atoms with Gasteiger partial charge >= 0.3 is 5.97 Å². The van der Waals surface area contributed by atoms with Gasteiger partial charge in [-0.1, -0.05) is 36.0 Å². The highest BCUT2D eigenvalue weighted by atomic mass is 35.5. The minimum atomic E-state index is -0.652. The van der Waals surface area contributed by atoms with E-state index < -0.39 is 11.2 Å². The van der Waals surface area contributed by atoms with Crippen LogP contribution in [0.15, 0.2) is 24.3 Å². The number of benzene rings is 1. The summed E-state index contributed by atoms with van der Waals surface area (Å²) in [7, 11) is 0. The standard InChI is InChI=1S/C12H13ClO2S2/c1-2-15-12(14)11(17)10(16)7-8-3-5-9(13)6-4-8/h3-6,11,17H,2,7H2,1H3. The van der Waals surface area contributed by atoms with Gasteiger partial charge in [-0.05, 0) is 24.6 Å². The van der Waals surface area contributed by atoms with Crippen molar-refractivity contribution in [2.45, 2.75) is 18.6 Å². The van der Waals surface area contributed by atoms with Crippen molar-refractivity contribution in [1.29, 1.82) is 0 Å². The molecule has 1 unspecified atom stereocenters. The van der Waals surface area contributed by atoms with Crippen LogP contribution in [0.3, 0.4) is 0 Å². The van der Waals surface area contributed by atoms with Crippen molar-refractivity contribution < 1.29 is 9.53 Å². The summed E-state index contributed by atoms with van der Waals surface area (Å²) < 4.78 is 4.86. The molecule has 0 spiro atoms. The van der Waals surface area contributed by atoms with E-state index in [1.165, 1.54) is 0 Å². The molecule has 1 aromatic rings. The topological polar surface area (TPSA) is 26.3 Å². The second-order valence-corrected chi connectivity index (χ2v) is 4.90. The fraction of sp³-hybridized carbons (Fsp3) is 0.333. The number of thiol groups is 1. The van der Waals surface area contributed by atoms with Gasteiger partial charge in [0.1, 0.15) is 5.25 Å². The van der Waals surface area contributed by atoms with Crippen LogP contribution < -0.4 is 0 Å². The molecule has 17 heavy (non-hydrogen) atoms. The summed E-state index contributed by atoms with van der Waals surface area (Å²) in [6.07, 6.45) is 0.513. The Kier molecular flexibility index (Phi) is 5.95. The summed E-state index contributed by atoms with van der Waals surface area (Å²) in [5.74, 6) is -0.394. The van der Waals surface area contributed by atoms with Crippen LogP contribution in [0.2, 0.25) is 5.02 Å². The predicted octanol–water partition coefficient (Wildman–Crippen LogP) is 3.11. The molecule has 0 N–H and O–H groups in total. The van der Waals surface area contributed by atoms with Crippen LogP contribution in [0.5, 0.6) is 0 Å². The Morgan fingerprint density at radius 2 is 2.06 bits per heavy atom. The van der Waals surface area contributed by atoms with Gasteiger partial charge in [0.2, 0.25) is 0 Å². The van der Waals surface area contributed by atoms with Crippen LogP contribution in [-0.4, -0.2) is 22.7 Å². The molecule has 0 aliphatic heterocycles. The molecule has 0 saturated heterocycles. The molecular weight excluding hydrogens is 276 g/mol. The summed E-state index contributed by atoms with van der Waals surface area (Å²) >= 11 is 15.1. The summed E-state index contributed by atoms with van der Waals surface area (Å²) in [5, 5.41) is 0.0214. The van der Waals surface area contributed by atoms with E-state index in [-0.39, 0.29) is 0 Å². The van der Waals surface area contributed by atoms with Crippen LogP contribution in [-0.2, 0) is 16.0 Å². The predicted molar refractivity (Wildman–Crippen MR) is 77.2 cm³/mol. The van der Waals surface area contributed by atoms with E-state index in [0.717, 1.165) is 5.56 Å². The lowest BCUT2D eigenvalue weighted by atomic mass is 10.1. The van der Waals surface area contributed by atoms with E-state index in [1.807, 2.05) is 12.1 Å². The number of rotatable bonds is 5. The Hall–Kier alpha value is -0.580. The quantitative estimate of drug-likeness (QED) is 0.512. The van der Waals surface area contributed by atoms with Gasteiger partial charge in [0, 0.05) is 16.3 Å². The maximum absolute atomic E-state index is 11.4. The van der Waals surface area contributed by atoms with Gasteiger partial charge in [0.25, 0.3) is 0 Å². The molecule has 0 heterocycles. The van der Waals surface area contributed by atoms with Crippen LogP contribution in [0.25, 0.3) is 0 Å². The first-order valence-electron chi connectivity index (χ1n) is 5.16. The van der Waals surface area contributed by atoms with Crippen molar-refractivity contribution in [2.75, 3.05) is 6.61 Å². The summed E-state index contributed by atoms with van der Waals surface area (Å²) in [6.45, 7) is 2.08. The summed E-state index contributed by atoms with van der Waals surface area (Å²) in [6, 6.07) is 7.33. The van der Waals surface area contributed by atoms with E-state index in [0.29, 0.717) is 22.9 Å². The lowest BCUT2D eigenvalue weighted by Crippen LogP contribution is -2.27. The van der Waals surface area contributed by atoms with Crippen molar-refractivity contribution in [3.05, 3.63) is 34.9 Å². The minimum Gasteiger partial charge on any atom is -0.465 e. The maximum atomic E-state index is 11.4. The molecule has 0 fully saturated rings. The Bertz CT molecular complexity index is 403. The molecule has 0 radical (unpaired) electrons. The SMILES string of the molecule is CCOC(=O)C(S)C(=S)Cc1ccc(Cl)cc1. The number of thiocarbonyl (C=S) groups is 1. The van der Waals surface area contributed by atoms with E-state index in [1.54, 1.807) is 19.1 Å². The molecule has 1 aromatic carbocycles. The minimum absolute atomic E-state index is 0.333. The van der Waals surface area contributed by atoms with Gasteiger partial charge in [0.15, 0.2) is 0 Å². The fourth-order valence-electron chi connectivity index (χ4n) is 1.25. The lowest BCUT2D eigenvalue weighted by Gasteiger charge is -2.11. The number of carbonyl (C=O) groups is 1. The van der Waals surface area contributed by atoms with Crippen LogP contribution in [0.1, 0.15) is 12.5 Å². The molecule has 92 valence electrons. The Morgan fingerprint density at radius 3 is 2.59 bits per heavy atom. The zero-order valence-corrected chi connectivity index (χ0v) is 11.8. The first-order chi connectivity index (χ1) is 8.04. The third-order valence-corrected chi connectivity index (χ3v) is 3.44. The number of carbonyl (C=O) groups excluding carboxylic acids is 1. The Morgan fingerprint density at radius 1 is 1.47 bits per heavy atom. The van der Waals surface area contributed by atoms with Crippen LogP contribution in [0.4, 0.5) is 0 Å². The first kappa shape index (κ1) is 14.5. The molecule has 0 amide bonds. The smallest absolute Gasteiger partial charge is 0.323 e. The normalized spacial score (nSPS) is 11.9. The van der Waals surface area contributed by atoms with Crippen LogP contribution in [0, 0.1) is 0 Å². The second-order valence-electron chi connectivity index (χ2n) is 3.42. The molecule has 0 aliphatic carbocycles. The van der Waals surface area contributed by atoms with Crippen LogP contribution >= 0.6 is 36.4 Å². The van der Waals surface area contributed by atoms with Gasteiger partial charge < -0.3 is 4.74 Å². The molecule has 1 rings (SSSR count). The van der Waals surface area contributed by atoms with Crippen molar-refractivity contribution in [3.63, 3.8) is 0 Å². The Balaban J connectivity index is 2.59. The maximum Gasteiger partial charge on any atom is 0.323 e. The third-order valence-electron chi connectivity index (χ3n) is 2.11. The van der Waals surface area contributed by atoms with Crippen molar-refractivity contribution in [2.24, 2.45) is 0 Å². The molecule has 0 bridgehead atoms. The summed E-state index contributed by atoms with van der Waals surface area (Å²) in [4.78, 5) is 12.0. The first-order valence-corrected chi connectivity index (χ1v) is 6.46. The van der Waals surface area contributed by atoms with Crippen molar-refractivity contribution >= 4 is 47.3 Å². The molecule has 2 nitrogen and oxygen atoms in total. The number of hydrogen-bond donors (Lipinski definition) is 1. The zero-order valence-electron chi connectivity index (χ0n) is 9.35. The molecule has 0 aliphatic rings. The summed E-state index contributed by atoms with van der Waals surface area (Å²) in [5.41, 5.74) is 1.00. The fourth-order valence-corrected chi connectivity index (χ4v) is 1.81. The molecule has 1 atom stereocenters. The van der Waals surface area contributed by atoms with E-state index in [2.05, 4.69) is 12.6 Å². The monoisotopic (exact) mass is 288 g/mol. The van der Waals surface area contributed by atoms with E-state index >= 15 is 0 Å². The third kappa shape index (κ3) is 4.66. The molecular formula is C12H13ClO2S2. The van der Waals surface area contributed by atoms with Gasteiger partial charge in [-0.25, -0.2) is 0 Å². The highest BCUT2D eigenvalue weighted by Crippen LogP contribution is 2.13. The van der Waals surface area contributed by atoms with Gasteiger partial charge in [-0.2, -0.15) is 12.6 Å². The van der Waals surface area contributed by atoms with Crippen molar-refractivity contribution in [3.8, 4) is 0 Å². The lowest BCUT2D eigenvalue weighted by molar-refractivity contribution is -0.141. The van der Waals surface area contributed by atoms with E-state index in [4.69, 9.17) is 28.6 Å². The highest BCUT2D eigenvalue weighted by molar-refractivity contribution is 7.87. The average Bonchev–Trinajstić information content (AvgIpc) is 2.31. The average molecular weight is 289 g/mol. The van der Waals surface area contributed by atoms with Gasteiger partial charge in [-0.15, -0.1) is 0 Å². The Labute approximate surface area is 117 Å². The number of hydrogen-bond acceptors (Lipinski definition) is 4. The second kappa shape index (κ2) is 6.99. The van der Waals surface area contributed by atoms with E-state index in [9.17, 15) is 4.79 Å². The largest absolute Gasteiger partial charge is 0.465 e. The van der Waals surface area contributed by atoms with Crippen molar-refractivity contribution in [1.82, 2.24) is 0 Å². The molecule has 0 saturated carbocycles. The molecule has 0 aromatic heterocycles. The zero-order chi connectivity index (χ0) is 12.8. The van der Waals surface area contributed by atoms with Gasteiger partial charge in [0.05, 0.1) is 6.61 Å². The molecule has 5 heteroatoms. The highest BCUT2D eigenvalue weighted by Gasteiger charge is 2.20. The number of halogens is 1. The number of ether oxygens (including phenoxy) is 1. The number of esters is 1.